The van der Waals surface area contributed by atoms with Gasteiger partial charge in [-0.3, -0.25) is 4.79 Å². The van der Waals surface area contributed by atoms with Gasteiger partial charge in [0.2, 0.25) is 5.91 Å². The molecule has 0 spiro atoms. The van der Waals surface area contributed by atoms with Crippen molar-refractivity contribution in [3.8, 4) is 11.5 Å². The summed E-state index contributed by atoms with van der Waals surface area (Å²) >= 11 is 0. The molecule has 0 unspecified atom stereocenters. The summed E-state index contributed by atoms with van der Waals surface area (Å²) in [4.78, 5) is 24.8. The zero-order chi connectivity index (χ0) is 21.2. The minimum atomic E-state index is -0.417. The van der Waals surface area contributed by atoms with Gasteiger partial charge in [0, 0.05) is 37.3 Å². The number of amides is 1. The highest BCUT2D eigenvalue weighted by Crippen LogP contribution is 2.43. The predicted octanol–water partition coefficient (Wildman–Crippen LogP) is 2.91. The Morgan fingerprint density at radius 1 is 1.31 bits per heavy atom. The summed E-state index contributed by atoms with van der Waals surface area (Å²) in [5.74, 6) is 1.16. The third-order valence-electron chi connectivity index (χ3n) is 5.39. The van der Waals surface area contributed by atoms with Gasteiger partial charge in [-0.05, 0) is 45.6 Å². The molecule has 1 N–H and O–H groups in total. The van der Waals surface area contributed by atoms with Crippen molar-refractivity contribution in [3.05, 3.63) is 33.2 Å². The van der Waals surface area contributed by atoms with Gasteiger partial charge in [0.1, 0.15) is 22.7 Å². The summed E-state index contributed by atoms with van der Waals surface area (Å²) in [6, 6.07) is 1.87. The maximum Gasteiger partial charge on any atom is 0.339 e. The molecule has 0 atom stereocenters. The normalized spacial score (nSPS) is 14.9. The van der Waals surface area contributed by atoms with Crippen LogP contribution in [-0.4, -0.2) is 38.9 Å². The second kappa shape index (κ2) is 8.45. The molecular formula is C22H29NO6. The zero-order valence-electron chi connectivity index (χ0n) is 17.8. The first-order valence-corrected chi connectivity index (χ1v) is 9.88. The molecule has 0 aliphatic carbocycles. The van der Waals surface area contributed by atoms with Crippen molar-refractivity contribution in [2.75, 3.05) is 27.4 Å². The fraction of sp³-hybridized carbons (Fsp3) is 0.545. The number of fused-ring (bicyclic) bond motifs is 3. The van der Waals surface area contributed by atoms with Crippen LogP contribution in [0.4, 0.5) is 0 Å². The van der Waals surface area contributed by atoms with Crippen LogP contribution in [0.1, 0.15) is 43.4 Å². The highest BCUT2D eigenvalue weighted by atomic mass is 16.5. The second-order valence-corrected chi connectivity index (χ2v) is 7.96. The number of carbonyl (C=O) groups is 1. The molecule has 1 aromatic heterocycles. The van der Waals surface area contributed by atoms with Crippen LogP contribution in [0.3, 0.4) is 0 Å². The molecule has 0 radical (unpaired) electrons. The number of methoxy groups -OCH3 is 2. The van der Waals surface area contributed by atoms with Gasteiger partial charge in [-0.15, -0.1) is 0 Å². The second-order valence-electron chi connectivity index (χ2n) is 7.96. The zero-order valence-corrected chi connectivity index (χ0v) is 17.8. The minimum absolute atomic E-state index is 0.131. The van der Waals surface area contributed by atoms with Gasteiger partial charge in [-0.25, -0.2) is 4.79 Å². The number of aryl methyl sites for hydroxylation is 2. The molecule has 7 nitrogen and oxygen atoms in total. The Balaban J connectivity index is 1.98. The van der Waals surface area contributed by atoms with Crippen molar-refractivity contribution < 1.29 is 23.4 Å². The van der Waals surface area contributed by atoms with E-state index in [9.17, 15) is 9.59 Å². The maximum absolute atomic E-state index is 12.7. The van der Waals surface area contributed by atoms with Crippen molar-refractivity contribution in [2.45, 2.75) is 52.1 Å². The minimum Gasteiger partial charge on any atom is -0.496 e. The van der Waals surface area contributed by atoms with Gasteiger partial charge in [-0.1, -0.05) is 0 Å². The van der Waals surface area contributed by atoms with E-state index < -0.39 is 5.63 Å². The van der Waals surface area contributed by atoms with Crippen molar-refractivity contribution in [1.82, 2.24) is 5.32 Å². The smallest absolute Gasteiger partial charge is 0.339 e. The van der Waals surface area contributed by atoms with E-state index in [4.69, 9.17) is 18.6 Å². The van der Waals surface area contributed by atoms with Crippen LogP contribution in [0.15, 0.2) is 15.3 Å². The lowest BCUT2D eigenvalue weighted by molar-refractivity contribution is -0.121. The molecule has 1 aliphatic heterocycles. The fourth-order valence-corrected chi connectivity index (χ4v) is 3.75. The summed E-state index contributed by atoms with van der Waals surface area (Å²) in [6.07, 6.45) is 2.08. The fourth-order valence-electron chi connectivity index (χ4n) is 3.75. The van der Waals surface area contributed by atoms with Crippen molar-refractivity contribution in [3.63, 3.8) is 0 Å². The van der Waals surface area contributed by atoms with Gasteiger partial charge >= 0.3 is 5.63 Å². The summed E-state index contributed by atoms with van der Waals surface area (Å²) < 4.78 is 22.4. The third kappa shape index (κ3) is 4.40. The van der Waals surface area contributed by atoms with Gasteiger partial charge in [-0.2, -0.15) is 0 Å². The number of ether oxygens (including phenoxy) is 3. The molecule has 0 saturated carbocycles. The van der Waals surface area contributed by atoms with E-state index in [2.05, 4.69) is 5.32 Å². The lowest BCUT2D eigenvalue weighted by atomic mass is 9.91. The molecule has 158 valence electrons. The standard InChI is InChI=1S/C22H29NO6/c1-13-14(6-7-18(24)23-10-11-26-4)21(25)28-20-15-8-9-22(2,3)29-16(15)12-17(27-5)19(13)20/h12H,6-11H2,1-5H3,(H,23,24). The van der Waals surface area contributed by atoms with E-state index in [0.717, 1.165) is 29.4 Å². The Hall–Kier alpha value is -2.54. The van der Waals surface area contributed by atoms with Crippen LogP contribution < -0.4 is 20.4 Å². The lowest BCUT2D eigenvalue weighted by Gasteiger charge is -2.33. The van der Waals surface area contributed by atoms with E-state index in [-0.39, 0.29) is 17.9 Å². The van der Waals surface area contributed by atoms with Gasteiger partial charge in [0.15, 0.2) is 0 Å². The monoisotopic (exact) mass is 403 g/mol. The summed E-state index contributed by atoms with van der Waals surface area (Å²) in [5.41, 5.74) is 1.99. The Kier molecular flexibility index (Phi) is 6.17. The first-order chi connectivity index (χ1) is 13.8. The van der Waals surface area contributed by atoms with E-state index in [0.29, 0.717) is 42.2 Å². The Morgan fingerprint density at radius 3 is 2.76 bits per heavy atom. The van der Waals surface area contributed by atoms with Crippen LogP contribution in [0.25, 0.3) is 11.0 Å². The summed E-state index contributed by atoms with van der Waals surface area (Å²) in [6.45, 7) is 6.84. The number of carbonyl (C=O) groups excluding carboxylic acids is 1. The summed E-state index contributed by atoms with van der Waals surface area (Å²) in [7, 11) is 3.16. The van der Waals surface area contributed by atoms with Crippen LogP contribution in [0, 0.1) is 6.92 Å². The van der Waals surface area contributed by atoms with E-state index >= 15 is 0 Å². The van der Waals surface area contributed by atoms with Crippen molar-refractivity contribution >= 4 is 16.9 Å². The molecule has 1 aliphatic rings. The molecule has 7 heteroatoms. The first kappa shape index (κ1) is 21.2. The number of hydrogen-bond donors (Lipinski definition) is 1. The number of hydrogen-bond acceptors (Lipinski definition) is 6. The van der Waals surface area contributed by atoms with Gasteiger partial charge < -0.3 is 23.9 Å². The lowest BCUT2D eigenvalue weighted by Crippen LogP contribution is -2.32. The van der Waals surface area contributed by atoms with Gasteiger partial charge in [0.05, 0.1) is 19.1 Å². The van der Waals surface area contributed by atoms with Crippen LogP contribution in [0.2, 0.25) is 0 Å². The Bertz CT molecular complexity index is 976. The topological polar surface area (TPSA) is 87.0 Å². The third-order valence-corrected chi connectivity index (χ3v) is 5.39. The highest BCUT2D eigenvalue weighted by Gasteiger charge is 2.31. The molecule has 0 bridgehead atoms. The van der Waals surface area contributed by atoms with E-state index in [1.54, 1.807) is 14.2 Å². The number of nitrogens with one attached hydrogen (secondary N) is 1. The number of benzene rings is 1. The molecule has 2 heterocycles. The maximum atomic E-state index is 12.7. The Labute approximate surface area is 170 Å². The molecule has 3 rings (SSSR count). The van der Waals surface area contributed by atoms with Crippen LogP contribution >= 0.6 is 0 Å². The van der Waals surface area contributed by atoms with Crippen molar-refractivity contribution in [2.24, 2.45) is 0 Å². The molecule has 2 aromatic rings. The molecule has 0 fully saturated rings. The molecule has 1 aromatic carbocycles. The van der Waals surface area contributed by atoms with E-state index in [1.807, 2.05) is 26.8 Å². The molecule has 29 heavy (non-hydrogen) atoms. The predicted molar refractivity (Wildman–Crippen MR) is 110 cm³/mol. The molecule has 0 saturated heterocycles. The van der Waals surface area contributed by atoms with Crippen LogP contribution in [-0.2, 0) is 22.4 Å². The highest BCUT2D eigenvalue weighted by molar-refractivity contribution is 5.92. The Morgan fingerprint density at radius 2 is 2.07 bits per heavy atom. The average Bonchev–Trinajstić information content (AvgIpc) is 2.66. The van der Waals surface area contributed by atoms with Crippen LogP contribution in [0.5, 0.6) is 11.5 Å². The average molecular weight is 403 g/mol. The quantitative estimate of drug-likeness (QED) is 0.565. The molecular weight excluding hydrogens is 374 g/mol. The van der Waals surface area contributed by atoms with Gasteiger partial charge in [0.25, 0.3) is 0 Å². The number of rotatable bonds is 7. The molecule has 1 amide bonds. The van der Waals surface area contributed by atoms with E-state index in [1.165, 1.54) is 0 Å². The summed E-state index contributed by atoms with van der Waals surface area (Å²) in [5, 5.41) is 3.53. The SMILES string of the molecule is COCCNC(=O)CCc1c(C)c2c(OC)cc3c(c2oc1=O)CCC(C)(C)O3. The largest absolute Gasteiger partial charge is 0.496 e. The van der Waals surface area contributed by atoms with Crippen molar-refractivity contribution in [1.29, 1.82) is 0 Å². The first-order valence-electron chi connectivity index (χ1n) is 9.88.